The summed E-state index contributed by atoms with van der Waals surface area (Å²) >= 11 is 0. The van der Waals surface area contributed by atoms with Gasteiger partial charge in [-0.05, 0) is 44.2 Å². The number of ether oxygens (including phenoxy) is 2. The van der Waals surface area contributed by atoms with Gasteiger partial charge in [0.05, 0.1) is 42.7 Å². The lowest BCUT2D eigenvalue weighted by Crippen LogP contribution is -2.46. The number of likely N-dealkylation sites (N-methyl/N-ethyl adjacent to an activating group) is 1. The van der Waals surface area contributed by atoms with Crippen molar-refractivity contribution in [3.05, 3.63) is 46.7 Å². The number of fused-ring (bicyclic) bond motifs is 1. The molecule has 1 heterocycles. The van der Waals surface area contributed by atoms with Crippen molar-refractivity contribution >= 4 is 12.4 Å². The molecule has 162 valence electrons. The Hall–Kier alpha value is -3.18. The van der Waals surface area contributed by atoms with Gasteiger partial charge in [-0.15, -0.1) is 12.4 Å². The van der Waals surface area contributed by atoms with E-state index in [4.69, 9.17) is 15.2 Å². The summed E-state index contributed by atoms with van der Waals surface area (Å²) < 4.78 is 11.3. The van der Waals surface area contributed by atoms with Gasteiger partial charge in [-0.2, -0.15) is 15.8 Å². The molecule has 0 spiro atoms. The molecule has 2 aliphatic rings. The van der Waals surface area contributed by atoms with Gasteiger partial charge < -0.3 is 20.1 Å². The van der Waals surface area contributed by atoms with Crippen LogP contribution in [0.5, 0.6) is 11.5 Å². The molecule has 1 aliphatic carbocycles. The van der Waals surface area contributed by atoms with Crippen LogP contribution in [0.15, 0.2) is 41.1 Å². The Labute approximate surface area is 189 Å². The van der Waals surface area contributed by atoms with E-state index in [1.165, 1.54) is 0 Å². The number of nitriles is 3. The summed E-state index contributed by atoms with van der Waals surface area (Å²) in [6.45, 7) is 5.07. The van der Waals surface area contributed by atoms with Crippen LogP contribution in [0.1, 0.15) is 25.3 Å². The highest BCUT2D eigenvalue weighted by Gasteiger charge is 2.52. The highest BCUT2D eigenvalue weighted by molar-refractivity contribution is 5.85. The highest BCUT2D eigenvalue weighted by Crippen LogP contribution is 2.53. The molecule has 0 amide bonds. The van der Waals surface area contributed by atoms with Gasteiger partial charge in [0.15, 0.2) is 11.5 Å². The molecule has 7 nitrogen and oxygen atoms in total. The molecule has 1 aliphatic heterocycles. The molecule has 1 aromatic rings. The number of halogens is 1. The summed E-state index contributed by atoms with van der Waals surface area (Å²) in [5.74, 6) is 0.552. The molecule has 0 unspecified atom stereocenters. The molecule has 8 heteroatoms. The molecule has 31 heavy (non-hydrogen) atoms. The first-order valence-electron chi connectivity index (χ1n) is 9.79. The summed E-state index contributed by atoms with van der Waals surface area (Å²) in [5, 5.41) is 29.8. The fourth-order valence-corrected chi connectivity index (χ4v) is 4.39. The maximum atomic E-state index is 9.99. The second-order valence-electron chi connectivity index (χ2n) is 7.95. The molecular formula is C23H26ClN5O2. The molecule has 0 saturated heterocycles. The van der Waals surface area contributed by atoms with Gasteiger partial charge in [0, 0.05) is 24.9 Å². The number of nitrogens with two attached hydrogens (primary N) is 1. The third-order valence-corrected chi connectivity index (χ3v) is 5.74. The first kappa shape index (κ1) is 24.1. The normalized spacial score (nSPS) is 22.2. The number of hydrogen-bond donors (Lipinski definition) is 1. The number of hydrogen-bond acceptors (Lipinski definition) is 7. The van der Waals surface area contributed by atoms with Crippen LogP contribution in [0.3, 0.4) is 0 Å². The smallest absolute Gasteiger partial charge is 0.204 e. The monoisotopic (exact) mass is 439 g/mol. The second kappa shape index (κ2) is 9.31. The first-order chi connectivity index (χ1) is 14.3. The van der Waals surface area contributed by atoms with Gasteiger partial charge in [-0.25, -0.2) is 0 Å². The number of methoxy groups -OCH3 is 1. The van der Waals surface area contributed by atoms with Crippen LogP contribution in [-0.2, 0) is 0 Å². The third-order valence-electron chi connectivity index (χ3n) is 5.74. The van der Waals surface area contributed by atoms with Crippen molar-refractivity contribution in [3.8, 4) is 29.7 Å². The Morgan fingerprint density at radius 2 is 1.87 bits per heavy atom. The standard InChI is InChI=1S/C23H25N5O2.ClH/c1-14(2)30-20-9-15(5-6-19(20)29-4)21-16(10-24)22(27)23(12-25,13-26)18-7-8-28(3)11-17(18)21;/h5-7,9,14,17,21H,8,11,27H2,1-4H3;1H/t17-,21-;/m0./s1. The van der Waals surface area contributed by atoms with Gasteiger partial charge in [0.1, 0.15) is 0 Å². The second-order valence-corrected chi connectivity index (χ2v) is 7.95. The van der Waals surface area contributed by atoms with Crippen molar-refractivity contribution < 1.29 is 9.47 Å². The van der Waals surface area contributed by atoms with Gasteiger partial charge in [-0.1, -0.05) is 12.1 Å². The molecule has 1 aromatic carbocycles. The maximum absolute atomic E-state index is 9.99. The maximum Gasteiger partial charge on any atom is 0.204 e. The molecule has 0 fully saturated rings. The van der Waals surface area contributed by atoms with Crippen LogP contribution >= 0.6 is 12.4 Å². The van der Waals surface area contributed by atoms with E-state index in [-0.39, 0.29) is 41.6 Å². The van der Waals surface area contributed by atoms with E-state index in [1.54, 1.807) is 7.11 Å². The van der Waals surface area contributed by atoms with Gasteiger partial charge in [0.2, 0.25) is 5.41 Å². The SMILES string of the molecule is COc1ccc([C@H]2C(C#N)=C(N)C(C#N)(C#N)C3=CCN(C)C[C@@H]32)cc1OC(C)C.Cl. The van der Waals surface area contributed by atoms with Crippen LogP contribution in [0.25, 0.3) is 0 Å². The van der Waals surface area contributed by atoms with Crippen LogP contribution in [0, 0.1) is 45.3 Å². The fraction of sp³-hybridized carbons (Fsp3) is 0.435. The van der Waals surface area contributed by atoms with Gasteiger partial charge >= 0.3 is 0 Å². The predicted octanol–water partition coefficient (Wildman–Crippen LogP) is 3.26. The van der Waals surface area contributed by atoms with E-state index < -0.39 is 5.41 Å². The molecule has 2 N–H and O–H groups in total. The van der Waals surface area contributed by atoms with Crippen LogP contribution in [0.2, 0.25) is 0 Å². The average molecular weight is 440 g/mol. The molecular weight excluding hydrogens is 414 g/mol. The van der Waals surface area contributed by atoms with Crippen molar-refractivity contribution in [2.24, 2.45) is 17.1 Å². The van der Waals surface area contributed by atoms with Crippen LogP contribution in [0.4, 0.5) is 0 Å². The number of rotatable bonds is 4. The summed E-state index contributed by atoms with van der Waals surface area (Å²) in [5.41, 5.74) is 6.51. The Balaban J connectivity index is 0.00000341. The lowest BCUT2D eigenvalue weighted by molar-refractivity contribution is 0.229. The zero-order chi connectivity index (χ0) is 22.1. The van der Waals surface area contributed by atoms with Crippen molar-refractivity contribution in [2.45, 2.75) is 25.9 Å². The van der Waals surface area contributed by atoms with Crippen molar-refractivity contribution in [3.63, 3.8) is 0 Å². The van der Waals surface area contributed by atoms with E-state index in [0.717, 1.165) is 5.56 Å². The Morgan fingerprint density at radius 3 is 2.42 bits per heavy atom. The minimum absolute atomic E-state index is 0. The van der Waals surface area contributed by atoms with E-state index in [1.807, 2.05) is 45.2 Å². The lowest BCUT2D eigenvalue weighted by atomic mass is 9.60. The minimum atomic E-state index is -1.61. The predicted molar refractivity (Wildman–Crippen MR) is 118 cm³/mol. The lowest BCUT2D eigenvalue weighted by Gasteiger charge is -2.44. The van der Waals surface area contributed by atoms with Crippen molar-refractivity contribution in [1.29, 1.82) is 15.8 Å². The molecule has 0 bridgehead atoms. The Kier molecular flexibility index (Phi) is 7.24. The zero-order valence-electron chi connectivity index (χ0n) is 18.0. The quantitative estimate of drug-likeness (QED) is 0.715. The van der Waals surface area contributed by atoms with E-state index in [9.17, 15) is 15.8 Å². The van der Waals surface area contributed by atoms with Crippen molar-refractivity contribution in [2.75, 3.05) is 27.2 Å². The number of nitrogens with zero attached hydrogens (tertiary/aromatic N) is 4. The minimum Gasteiger partial charge on any atom is -0.493 e. The van der Waals surface area contributed by atoms with E-state index >= 15 is 0 Å². The number of allylic oxidation sites excluding steroid dienone is 2. The Morgan fingerprint density at radius 1 is 1.19 bits per heavy atom. The topological polar surface area (TPSA) is 119 Å². The van der Waals surface area contributed by atoms with Crippen molar-refractivity contribution in [1.82, 2.24) is 4.90 Å². The largest absolute Gasteiger partial charge is 0.493 e. The average Bonchev–Trinajstić information content (AvgIpc) is 2.73. The summed E-state index contributed by atoms with van der Waals surface area (Å²) in [4.78, 5) is 2.10. The first-order valence-corrected chi connectivity index (χ1v) is 9.79. The zero-order valence-corrected chi connectivity index (χ0v) is 18.9. The molecule has 3 rings (SSSR count). The van der Waals surface area contributed by atoms with Gasteiger partial charge in [-0.3, -0.25) is 0 Å². The number of benzene rings is 1. The third kappa shape index (κ3) is 3.93. The highest BCUT2D eigenvalue weighted by atomic mass is 35.5. The summed E-state index contributed by atoms with van der Waals surface area (Å²) in [7, 11) is 3.55. The molecule has 0 aromatic heterocycles. The molecule has 2 atom stereocenters. The molecule has 0 saturated carbocycles. The van der Waals surface area contributed by atoms with Crippen LogP contribution < -0.4 is 15.2 Å². The molecule has 0 radical (unpaired) electrons. The fourth-order valence-electron chi connectivity index (χ4n) is 4.39. The summed E-state index contributed by atoms with van der Waals surface area (Å²) in [6, 6.07) is 12.0. The van der Waals surface area contributed by atoms with E-state index in [0.29, 0.717) is 30.2 Å². The van der Waals surface area contributed by atoms with Gasteiger partial charge in [0.25, 0.3) is 0 Å². The Bertz CT molecular complexity index is 1030. The van der Waals surface area contributed by atoms with Crippen LogP contribution in [-0.4, -0.2) is 38.3 Å². The summed E-state index contributed by atoms with van der Waals surface area (Å²) in [6.07, 6.45) is 1.85. The van der Waals surface area contributed by atoms with E-state index in [2.05, 4.69) is 23.1 Å².